The molecule has 0 fully saturated rings. The summed E-state index contributed by atoms with van der Waals surface area (Å²) in [5.41, 5.74) is 2.89. The van der Waals surface area contributed by atoms with Gasteiger partial charge in [-0.05, 0) is 47.9 Å². The Kier molecular flexibility index (Phi) is 3.81. The zero-order chi connectivity index (χ0) is 15.7. The number of methoxy groups -OCH3 is 2. The normalized spacial score (nSPS) is 16.9. The molecule has 3 rings (SSSR count). The van der Waals surface area contributed by atoms with Crippen molar-refractivity contribution in [1.82, 2.24) is 5.32 Å². The molecular formula is C17H19NO4. The molecule has 1 atom stereocenters. The zero-order valence-corrected chi connectivity index (χ0v) is 12.6. The van der Waals surface area contributed by atoms with Crippen molar-refractivity contribution in [2.75, 3.05) is 20.8 Å². The van der Waals surface area contributed by atoms with Gasteiger partial charge in [-0.3, -0.25) is 0 Å². The lowest BCUT2D eigenvalue weighted by Crippen LogP contribution is -2.30. The van der Waals surface area contributed by atoms with Crippen molar-refractivity contribution in [2.24, 2.45) is 0 Å². The second kappa shape index (κ2) is 5.77. The lowest BCUT2D eigenvalue weighted by atomic mass is 9.89. The molecule has 0 unspecified atom stereocenters. The van der Waals surface area contributed by atoms with Crippen LogP contribution in [0.3, 0.4) is 0 Å². The standard InChI is InChI=1S/C17H19NO4/c1-21-11-3-4-16(22-2)13(8-11)17-12-9-15(20)14(19)7-10(12)5-6-18-17/h3-4,7-9,17-20H,5-6H2,1-2H3/t17-/m1/s1. The van der Waals surface area contributed by atoms with Crippen LogP contribution < -0.4 is 14.8 Å². The topological polar surface area (TPSA) is 71.0 Å². The Labute approximate surface area is 129 Å². The van der Waals surface area contributed by atoms with Crippen molar-refractivity contribution in [3.63, 3.8) is 0 Å². The molecule has 5 nitrogen and oxygen atoms in total. The Balaban J connectivity index is 2.13. The van der Waals surface area contributed by atoms with E-state index in [-0.39, 0.29) is 17.5 Å². The molecule has 2 aromatic rings. The van der Waals surface area contributed by atoms with Gasteiger partial charge in [-0.1, -0.05) is 0 Å². The third-order valence-corrected chi connectivity index (χ3v) is 4.04. The van der Waals surface area contributed by atoms with Crippen LogP contribution in [0.15, 0.2) is 30.3 Å². The fourth-order valence-corrected chi connectivity index (χ4v) is 2.93. The first kappa shape index (κ1) is 14.5. The maximum absolute atomic E-state index is 9.83. The van der Waals surface area contributed by atoms with E-state index in [0.29, 0.717) is 0 Å². The number of fused-ring (bicyclic) bond motifs is 1. The fraction of sp³-hybridized carbons (Fsp3) is 0.294. The molecule has 0 saturated heterocycles. The van der Waals surface area contributed by atoms with Gasteiger partial charge in [0, 0.05) is 12.1 Å². The van der Waals surface area contributed by atoms with Gasteiger partial charge in [0.1, 0.15) is 11.5 Å². The molecule has 1 aliphatic heterocycles. The first-order valence-corrected chi connectivity index (χ1v) is 7.14. The van der Waals surface area contributed by atoms with Gasteiger partial charge in [0.05, 0.1) is 20.3 Å². The van der Waals surface area contributed by atoms with Crippen LogP contribution in [-0.2, 0) is 6.42 Å². The van der Waals surface area contributed by atoms with Crippen molar-refractivity contribution in [1.29, 1.82) is 0 Å². The second-order valence-corrected chi connectivity index (χ2v) is 5.28. The Bertz CT molecular complexity index is 699. The minimum atomic E-state index is -0.125. The Hall–Kier alpha value is -2.40. The highest BCUT2D eigenvalue weighted by atomic mass is 16.5. The molecule has 0 aromatic heterocycles. The van der Waals surface area contributed by atoms with E-state index in [1.54, 1.807) is 26.4 Å². The number of phenolic OH excluding ortho intramolecular Hbond substituents is 2. The smallest absolute Gasteiger partial charge is 0.157 e. The van der Waals surface area contributed by atoms with E-state index in [9.17, 15) is 10.2 Å². The summed E-state index contributed by atoms with van der Waals surface area (Å²) in [6.45, 7) is 0.780. The Morgan fingerprint density at radius 1 is 1.00 bits per heavy atom. The Morgan fingerprint density at radius 3 is 2.50 bits per heavy atom. The number of hydrogen-bond donors (Lipinski definition) is 3. The predicted molar refractivity (Wildman–Crippen MR) is 82.9 cm³/mol. The average Bonchev–Trinajstić information content (AvgIpc) is 2.55. The molecule has 0 aliphatic carbocycles. The van der Waals surface area contributed by atoms with Gasteiger partial charge >= 0.3 is 0 Å². The van der Waals surface area contributed by atoms with Gasteiger partial charge in [-0.15, -0.1) is 0 Å². The van der Waals surface area contributed by atoms with Crippen LogP contribution in [0.4, 0.5) is 0 Å². The summed E-state index contributed by atoms with van der Waals surface area (Å²) in [4.78, 5) is 0. The lowest BCUT2D eigenvalue weighted by Gasteiger charge is -2.29. The number of benzene rings is 2. The summed E-state index contributed by atoms with van der Waals surface area (Å²) in [7, 11) is 3.25. The minimum absolute atomic E-state index is 0.0861. The highest BCUT2D eigenvalue weighted by Crippen LogP contribution is 2.39. The zero-order valence-electron chi connectivity index (χ0n) is 12.6. The number of phenols is 2. The van der Waals surface area contributed by atoms with E-state index in [4.69, 9.17) is 9.47 Å². The van der Waals surface area contributed by atoms with Gasteiger partial charge in [-0.2, -0.15) is 0 Å². The predicted octanol–water partition coefficient (Wildman–Crippen LogP) is 2.35. The molecule has 1 aliphatic rings. The van der Waals surface area contributed by atoms with E-state index in [0.717, 1.165) is 41.2 Å². The van der Waals surface area contributed by atoms with Crippen molar-refractivity contribution in [3.8, 4) is 23.0 Å². The first-order valence-electron chi connectivity index (χ1n) is 7.14. The fourth-order valence-electron chi connectivity index (χ4n) is 2.93. The van der Waals surface area contributed by atoms with Crippen LogP contribution in [0.1, 0.15) is 22.7 Å². The molecule has 0 radical (unpaired) electrons. The SMILES string of the molecule is COc1ccc(OC)c([C@@H]2NCCc3cc(O)c(O)cc32)c1. The molecule has 0 bridgehead atoms. The lowest BCUT2D eigenvalue weighted by molar-refractivity contribution is 0.389. The van der Waals surface area contributed by atoms with Crippen LogP contribution in [0.25, 0.3) is 0 Å². The van der Waals surface area contributed by atoms with Crippen molar-refractivity contribution in [3.05, 3.63) is 47.0 Å². The maximum Gasteiger partial charge on any atom is 0.157 e. The molecule has 5 heteroatoms. The molecular weight excluding hydrogens is 282 g/mol. The largest absolute Gasteiger partial charge is 0.504 e. The third kappa shape index (κ3) is 2.44. The number of nitrogens with one attached hydrogen (secondary N) is 1. The van der Waals surface area contributed by atoms with E-state index in [1.165, 1.54) is 0 Å². The summed E-state index contributed by atoms with van der Waals surface area (Å²) < 4.78 is 10.8. The number of hydrogen-bond acceptors (Lipinski definition) is 5. The quantitative estimate of drug-likeness (QED) is 0.759. The monoisotopic (exact) mass is 301 g/mol. The maximum atomic E-state index is 9.83. The molecule has 22 heavy (non-hydrogen) atoms. The summed E-state index contributed by atoms with van der Waals surface area (Å²) >= 11 is 0. The van der Waals surface area contributed by atoms with Crippen LogP contribution in [0, 0.1) is 0 Å². The van der Waals surface area contributed by atoms with Crippen molar-refractivity contribution < 1.29 is 19.7 Å². The van der Waals surface area contributed by atoms with Crippen LogP contribution in [-0.4, -0.2) is 31.0 Å². The summed E-state index contributed by atoms with van der Waals surface area (Å²) in [6, 6.07) is 8.76. The summed E-state index contributed by atoms with van der Waals surface area (Å²) in [5.74, 6) is 1.29. The van der Waals surface area contributed by atoms with Crippen LogP contribution >= 0.6 is 0 Å². The van der Waals surface area contributed by atoms with Crippen LogP contribution in [0.2, 0.25) is 0 Å². The highest BCUT2D eigenvalue weighted by Gasteiger charge is 2.26. The number of aromatic hydroxyl groups is 2. The van der Waals surface area contributed by atoms with Crippen molar-refractivity contribution in [2.45, 2.75) is 12.5 Å². The number of ether oxygens (including phenoxy) is 2. The molecule has 3 N–H and O–H groups in total. The van der Waals surface area contributed by atoms with E-state index in [1.807, 2.05) is 18.2 Å². The van der Waals surface area contributed by atoms with E-state index < -0.39 is 0 Å². The van der Waals surface area contributed by atoms with Gasteiger partial charge in [0.15, 0.2) is 11.5 Å². The molecule has 0 spiro atoms. The molecule has 1 heterocycles. The van der Waals surface area contributed by atoms with Gasteiger partial charge in [0.25, 0.3) is 0 Å². The van der Waals surface area contributed by atoms with E-state index in [2.05, 4.69) is 5.32 Å². The molecule has 116 valence electrons. The first-order chi connectivity index (χ1) is 10.6. The summed E-state index contributed by atoms with van der Waals surface area (Å²) in [5, 5.41) is 23.0. The van der Waals surface area contributed by atoms with Gasteiger partial charge in [-0.25, -0.2) is 0 Å². The minimum Gasteiger partial charge on any atom is -0.504 e. The van der Waals surface area contributed by atoms with Gasteiger partial charge < -0.3 is 25.0 Å². The second-order valence-electron chi connectivity index (χ2n) is 5.28. The average molecular weight is 301 g/mol. The molecule has 2 aromatic carbocycles. The Morgan fingerprint density at radius 2 is 1.77 bits per heavy atom. The molecule has 0 saturated carbocycles. The highest BCUT2D eigenvalue weighted by molar-refractivity contribution is 5.53. The molecule has 0 amide bonds. The van der Waals surface area contributed by atoms with Gasteiger partial charge in [0.2, 0.25) is 0 Å². The van der Waals surface area contributed by atoms with Crippen LogP contribution in [0.5, 0.6) is 23.0 Å². The number of rotatable bonds is 3. The third-order valence-electron chi connectivity index (χ3n) is 4.04. The summed E-state index contributed by atoms with van der Waals surface area (Å²) in [6.07, 6.45) is 0.798. The van der Waals surface area contributed by atoms with E-state index >= 15 is 0 Å². The van der Waals surface area contributed by atoms with Crippen molar-refractivity contribution >= 4 is 0 Å².